The van der Waals surface area contributed by atoms with Crippen LogP contribution in [0.25, 0.3) is 0 Å². The molecule has 1 atom stereocenters. The first-order valence-corrected chi connectivity index (χ1v) is 7.94. The highest BCUT2D eigenvalue weighted by atomic mass is 16.5. The fourth-order valence-electron chi connectivity index (χ4n) is 4.18. The molecule has 106 valence electrons. The van der Waals surface area contributed by atoms with Gasteiger partial charge in [-0.3, -0.25) is 0 Å². The summed E-state index contributed by atoms with van der Waals surface area (Å²) in [6.07, 6.45) is 9.72. The predicted octanol–water partition coefficient (Wildman–Crippen LogP) is 3.10. The highest BCUT2D eigenvalue weighted by molar-refractivity contribution is 5.01. The van der Waals surface area contributed by atoms with Crippen LogP contribution in [0.1, 0.15) is 58.3 Å². The molecule has 1 spiro atoms. The number of hydrogen-bond donors (Lipinski definition) is 0. The van der Waals surface area contributed by atoms with E-state index in [-0.39, 0.29) is 11.0 Å². The Morgan fingerprint density at radius 1 is 1.16 bits per heavy atom. The number of nitriles is 1. The van der Waals surface area contributed by atoms with E-state index >= 15 is 0 Å². The van der Waals surface area contributed by atoms with Crippen LogP contribution in [-0.4, -0.2) is 36.2 Å². The summed E-state index contributed by atoms with van der Waals surface area (Å²) in [5, 5.41) is 9.23. The molecular formula is C16H26N2O. The molecular weight excluding hydrogens is 236 g/mol. The second kappa shape index (κ2) is 5.07. The Morgan fingerprint density at radius 3 is 2.47 bits per heavy atom. The first-order chi connectivity index (χ1) is 9.15. The van der Waals surface area contributed by atoms with Gasteiger partial charge in [0.25, 0.3) is 0 Å². The van der Waals surface area contributed by atoms with E-state index in [1.54, 1.807) is 0 Å². The molecule has 0 radical (unpaired) electrons. The lowest BCUT2D eigenvalue weighted by molar-refractivity contribution is -0.105. The van der Waals surface area contributed by atoms with Gasteiger partial charge in [0.05, 0.1) is 17.1 Å². The lowest BCUT2D eigenvalue weighted by Crippen LogP contribution is -2.50. The summed E-state index contributed by atoms with van der Waals surface area (Å²) in [6.45, 7) is 5.26. The highest BCUT2D eigenvalue weighted by Crippen LogP contribution is 2.42. The van der Waals surface area contributed by atoms with Crippen LogP contribution in [0.15, 0.2) is 0 Å². The maximum absolute atomic E-state index is 9.23. The average molecular weight is 262 g/mol. The normalized spacial score (nSPS) is 34.2. The van der Waals surface area contributed by atoms with Crippen LogP contribution in [0.3, 0.4) is 0 Å². The molecule has 3 fully saturated rings. The first kappa shape index (κ1) is 13.4. The first-order valence-electron chi connectivity index (χ1n) is 7.94. The zero-order valence-electron chi connectivity index (χ0n) is 12.2. The van der Waals surface area contributed by atoms with E-state index in [9.17, 15) is 5.26 Å². The van der Waals surface area contributed by atoms with Crippen molar-refractivity contribution < 1.29 is 4.74 Å². The zero-order chi connectivity index (χ0) is 13.3. The highest BCUT2D eigenvalue weighted by Gasteiger charge is 2.42. The number of ether oxygens (including phenoxy) is 1. The standard InChI is InChI=1S/C16H26N2O/c1-15(13-17)7-9-18(10-8-15)14-4-11-19-16(12-14)5-2-3-6-16/h14H,2-12H2,1H3. The van der Waals surface area contributed by atoms with Gasteiger partial charge in [-0.15, -0.1) is 0 Å². The van der Waals surface area contributed by atoms with Crippen molar-refractivity contribution in [2.45, 2.75) is 69.9 Å². The molecule has 0 aromatic rings. The molecule has 3 nitrogen and oxygen atoms in total. The molecule has 0 amide bonds. The van der Waals surface area contributed by atoms with E-state index in [2.05, 4.69) is 17.9 Å². The average Bonchev–Trinajstić information content (AvgIpc) is 2.88. The van der Waals surface area contributed by atoms with Crippen molar-refractivity contribution >= 4 is 0 Å². The Kier molecular flexibility index (Phi) is 3.57. The van der Waals surface area contributed by atoms with Crippen LogP contribution >= 0.6 is 0 Å². The van der Waals surface area contributed by atoms with E-state index in [0.717, 1.165) is 32.5 Å². The van der Waals surface area contributed by atoms with Gasteiger partial charge in [0.1, 0.15) is 0 Å². The van der Waals surface area contributed by atoms with Crippen LogP contribution in [0.5, 0.6) is 0 Å². The number of hydrogen-bond acceptors (Lipinski definition) is 3. The molecule has 2 saturated heterocycles. The Balaban J connectivity index is 1.60. The molecule has 3 aliphatic rings. The van der Waals surface area contributed by atoms with Crippen LogP contribution in [0.4, 0.5) is 0 Å². The number of rotatable bonds is 1. The molecule has 2 aliphatic heterocycles. The molecule has 1 saturated carbocycles. The second-order valence-corrected chi connectivity index (χ2v) is 7.09. The van der Waals surface area contributed by atoms with E-state index in [1.165, 1.54) is 38.5 Å². The van der Waals surface area contributed by atoms with E-state index in [4.69, 9.17) is 4.74 Å². The molecule has 0 aromatic carbocycles. The SMILES string of the molecule is CC1(C#N)CCN(C2CCOC3(CCCC3)C2)CC1. The van der Waals surface area contributed by atoms with Gasteiger partial charge in [-0.1, -0.05) is 12.8 Å². The Bertz CT molecular complexity index is 359. The summed E-state index contributed by atoms with van der Waals surface area (Å²) in [5.74, 6) is 0. The fourth-order valence-corrected chi connectivity index (χ4v) is 4.18. The minimum absolute atomic E-state index is 0.0767. The molecule has 19 heavy (non-hydrogen) atoms. The van der Waals surface area contributed by atoms with Gasteiger partial charge in [0, 0.05) is 12.6 Å². The molecule has 0 aromatic heterocycles. The van der Waals surface area contributed by atoms with Crippen molar-refractivity contribution in [2.75, 3.05) is 19.7 Å². The third-order valence-electron chi connectivity index (χ3n) is 5.67. The quantitative estimate of drug-likeness (QED) is 0.728. The summed E-state index contributed by atoms with van der Waals surface area (Å²) in [5.41, 5.74) is 0.144. The largest absolute Gasteiger partial charge is 0.375 e. The van der Waals surface area contributed by atoms with Gasteiger partial charge in [0.2, 0.25) is 0 Å². The lowest BCUT2D eigenvalue weighted by Gasteiger charge is -2.46. The minimum Gasteiger partial charge on any atom is -0.375 e. The molecule has 1 aliphatic carbocycles. The third kappa shape index (κ3) is 2.66. The zero-order valence-corrected chi connectivity index (χ0v) is 12.2. The van der Waals surface area contributed by atoms with Gasteiger partial charge >= 0.3 is 0 Å². The Hall–Kier alpha value is -0.590. The smallest absolute Gasteiger partial charge is 0.0697 e. The van der Waals surface area contributed by atoms with E-state index < -0.39 is 0 Å². The lowest BCUT2D eigenvalue weighted by atomic mass is 9.80. The number of nitrogens with zero attached hydrogens (tertiary/aromatic N) is 2. The molecule has 2 heterocycles. The minimum atomic E-state index is -0.0767. The molecule has 0 N–H and O–H groups in total. The third-order valence-corrected chi connectivity index (χ3v) is 5.67. The number of likely N-dealkylation sites (tertiary alicyclic amines) is 1. The van der Waals surface area contributed by atoms with Crippen molar-refractivity contribution in [2.24, 2.45) is 5.41 Å². The van der Waals surface area contributed by atoms with Crippen molar-refractivity contribution in [3.05, 3.63) is 0 Å². The van der Waals surface area contributed by atoms with Crippen LogP contribution in [-0.2, 0) is 4.74 Å². The summed E-state index contributed by atoms with van der Waals surface area (Å²) < 4.78 is 6.13. The monoisotopic (exact) mass is 262 g/mol. The van der Waals surface area contributed by atoms with Gasteiger partial charge in [0.15, 0.2) is 0 Å². The fraction of sp³-hybridized carbons (Fsp3) is 0.938. The summed E-state index contributed by atoms with van der Waals surface area (Å²) in [7, 11) is 0. The van der Waals surface area contributed by atoms with Crippen molar-refractivity contribution in [1.82, 2.24) is 4.90 Å². The molecule has 1 unspecified atom stereocenters. The van der Waals surface area contributed by atoms with E-state index in [1.807, 2.05) is 0 Å². The summed E-state index contributed by atoms with van der Waals surface area (Å²) >= 11 is 0. The van der Waals surface area contributed by atoms with Crippen molar-refractivity contribution in [3.63, 3.8) is 0 Å². The maximum atomic E-state index is 9.23. The maximum Gasteiger partial charge on any atom is 0.0697 e. The Labute approximate surface area is 116 Å². The van der Waals surface area contributed by atoms with Gasteiger partial charge in [-0.2, -0.15) is 5.26 Å². The van der Waals surface area contributed by atoms with Gasteiger partial charge in [-0.25, -0.2) is 0 Å². The predicted molar refractivity (Wildman–Crippen MR) is 74.7 cm³/mol. The molecule has 3 heteroatoms. The van der Waals surface area contributed by atoms with Crippen LogP contribution < -0.4 is 0 Å². The van der Waals surface area contributed by atoms with Crippen LogP contribution in [0, 0.1) is 16.7 Å². The summed E-state index contributed by atoms with van der Waals surface area (Å²) in [6, 6.07) is 3.20. The molecule has 3 rings (SSSR count). The van der Waals surface area contributed by atoms with Crippen LogP contribution in [0.2, 0.25) is 0 Å². The van der Waals surface area contributed by atoms with E-state index in [0.29, 0.717) is 6.04 Å². The Morgan fingerprint density at radius 2 is 1.84 bits per heavy atom. The summed E-state index contributed by atoms with van der Waals surface area (Å²) in [4.78, 5) is 2.64. The number of piperidine rings is 1. The topological polar surface area (TPSA) is 36.3 Å². The van der Waals surface area contributed by atoms with Gasteiger partial charge in [-0.05, 0) is 58.5 Å². The van der Waals surface area contributed by atoms with Crippen molar-refractivity contribution in [3.8, 4) is 6.07 Å². The van der Waals surface area contributed by atoms with Gasteiger partial charge < -0.3 is 9.64 Å². The molecule has 0 bridgehead atoms. The van der Waals surface area contributed by atoms with Crippen molar-refractivity contribution in [1.29, 1.82) is 5.26 Å². The second-order valence-electron chi connectivity index (χ2n) is 7.09.